The Morgan fingerprint density at radius 3 is 2.86 bits per heavy atom. The molecule has 0 aliphatic carbocycles. The van der Waals surface area contributed by atoms with E-state index in [2.05, 4.69) is 35.4 Å². The van der Waals surface area contributed by atoms with Crippen LogP contribution in [0.5, 0.6) is 0 Å². The van der Waals surface area contributed by atoms with E-state index >= 15 is 0 Å². The van der Waals surface area contributed by atoms with E-state index in [0.717, 1.165) is 23.2 Å². The number of nitrogens with one attached hydrogen (secondary N) is 2. The summed E-state index contributed by atoms with van der Waals surface area (Å²) in [6, 6.07) is 11.9. The molecular formula is C23H24ClN3O2. The minimum atomic E-state index is -0.340. The largest absolute Gasteiger partial charge is 0.361 e. The summed E-state index contributed by atoms with van der Waals surface area (Å²) >= 11 is 6.19. The molecule has 2 aromatic carbocycles. The maximum absolute atomic E-state index is 12.6. The number of aryl methyl sites for hydroxylation is 2. The fraction of sp³-hybridized carbons (Fsp3) is 0.304. The van der Waals surface area contributed by atoms with E-state index in [4.69, 9.17) is 11.6 Å². The highest BCUT2D eigenvalue weighted by Crippen LogP contribution is 2.29. The number of aromatic nitrogens is 1. The molecule has 0 spiro atoms. The van der Waals surface area contributed by atoms with Gasteiger partial charge in [0.05, 0.1) is 5.92 Å². The minimum Gasteiger partial charge on any atom is -0.361 e. The molecule has 1 aromatic heterocycles. The predicted molar refractivity (Wildman–Crippen MR) is 116 cm³/mol. The molecule has 0 radical (unpaired) electrons. The minimum absolute atomic E-state index is 0.0443. The Morgan fingerprint density at radius 1 is 1.24 bits per heavy atom. The Kier molecular flexibility index (Phi) is 5.33. The SMILES string of the molecule is Cc1ccc2[nH]cc(CCNC(=O)C3CC(=O)N(c4ccc(C)c(Cl)c4)C3)c2c1. The van der Waals surface area contributed by atoms with Crippen LogP contribution in [0, 0.1) is 19.8 Å². The van der Waals surface area contributed by atoms with Crippen LogP contribution in [0.1, 0.15) is 23.1 Å². The standard InChI is InChI=1S/C23H24ClN3O2/c1-14-3-6-21-19(9-14)16(12-26-21)7-8-25-23(29)17-10-22(28)27(13-17)18-5-4-15(2)20(24)11-18/h3-6,9,11-12,17,26H,7-8,10,13H2,1-2H3,(H,25,29). The molecule has 5 nitrogen and oxygen atoms in total. The van der Waals surface area contributed by atoms with E-state index in [1.165, 1.54) is 16.5 Å². The first-order chi connectivity index (χ1) is 13.9. The van der Waals surface area contributed by atoms with Gasteiger partial charge in [-0.25, -0.2) is 0 Å². The molecule has 2 N–H and O–H groups in total. The molecule has 1 saturated heterocycles. The van der Waals surface area contributed by atoms with Crippen molar-refractivity contribution in [1.82, 2.24) is 10.3 Å². The average Bonchev–Trinajstić information content (AvgIpc) is 3.27. The van der Waals surface area contributed by atoms with Gasteiger partial charge >= 0.3 is 0 Å². The smallest absolute Gasteiger partial charge is 0.227 e. The maximum atomic E-state index is 12.6. The van der Waals surface area contributed by atoms with Gasteiger partial charge in [-0.2, -0.15) is 0 Å². The summed E-state index contributed by atoms with van der Waals surface area (Å²) < 4.78 is 0. The number of anilines is 1. The zero-order chi connectivity index (χ0) is 20.5. The van der Waals surface area contributed by atoms with Gasteiger partial charge < -0.3 is 15.2 Å². The number of H-pyrrole nitrogens is 1. The second-order valence-electron chi connectivity index (χ2n) is 7.74. The van der Waals surface area contributed by atoms with Crippen LogP contribution in [0.2, 0.25) is 5.02 Å². The lowest BCUT2D eigenvalue weighted by Gasteiger charge is -2.17. The van der Waals surface area contributed by atoms with Gasteiger partial charge in [0, 0.05) is 47.3 Å². The zero-order valence-corrected chi connectivity index (χ0v) is 17.3. The summed E-state index contributed by atoms with van der Waals surface area (Å²) in [5.41, 5.74) is 5.20. The normalized spacial score (nSPS) is 16.6. The highest BCUT2D eigenvalue weighted by molar-refractivity contribution is 6.31. The highest BCUT2D eigenvalue weighted by Gasteiger charge is 2.35. The fourth-order valence-electron chi connectivity index (χ4n) is 3.85. The maximum Gasteiger partial charge on any atom is 0.227 e. The van der Waals surface area contributed by atoms with Crippen molar-refractivity contribution in [2.45, 2.75) is 26.7 Å². The lowest BCUT2D eigenvalue weighted by molar-refractivity contribution is -0.126. The lowest BCUT2D eigenvalue weighted by Crippen LogP contribution is -2.34. The third-order valence-corrected chi connectivity index (χ3v) is 5.99. The first-order valence-electron chi connectivity index (χ1n) is 9.83. The topological polar surface area (TPSA) is 65.2 Å². The fourth-order valence-corrected chi connectivity index (χ4v) is 4.02. The lowest BCUT2D eigenvalue weighted by atomic mass is 10.1. The third kappa shape index (κ3) is 4.01. The van der Waals surface area contributed by atoms with Gasteiger partial charge in [0.25, 0.3) is 0 Å². The van der Waals surface area contributed by atoms with E-state index in [0.29, 0.717) is 18.1 Å². The van der Waals surface area contributed by atoms with E-state index in [1.54, 1.807) is 11.0 Å². The molecule has 29 heavy (non-hydrogen) atoms. The second kappa shape index (κ2) is 7.91. The van der Waals surface area contributed by atoms with E-state index < -0.39 is 0 Å². The number of benzene rings is 2. The summed E-state index contributed by atoms with van der Waals surface area (Å²) in [7, 11) is 0. The Hall–Kier alpha value is -2.79. The van der Waals surface area contributed by atoms with Crippen LogP contribution in [0.25, 0.3) is 10.9 Å². The van der Waals surface area contributed by atoms with Crippen LogP contribution in [-0.2, 0) is 16.0 Å². The molecule has 1 fully saturated rings. The van der Waals surface area contributed by atoms with Crippen LogP contribution < -0.4 is 10.2 Å². The molecule has 3 aromatic rings. The molecule has 2 heterocycles. The first kappa shape index (κ1) is 19.5. The van der Waals surface area contributed by atoms with E-state index in [1.807, 2.05) is 25.3 Å². The number of hydrogen-bond donors (Lipinski definition) is 2. The van der Waals surface area contributed by atoms with E-state index in [9.17, 15) is 9.59 Å². The molecule has 150 valence electrons. The number of nitrogens with zero attached hydrogens (tertiary/aromatic N) is 1. The monoisotopic (exact) mass is 409 g/mol. The summed E-state index contributed by atoms with van der Waals surface area (Å²) in [5.74, 6) is -0.458. The van der Waals surface area contributed by atoms with Crippen LogP contribution in [0.4, 0.5) is 5.69 Å². The Labute approximate surface area is 175 Å². The van der Waals surface area contributed by atoms with Gasteiger partial charge in [0.2, 0.25) is 11.8 Å². The quantitative estimate of drug-likeness (QED) is 0.664. The van der Waals surface area contributed by atoms with Gasteiger partial charge in [0.1, 0.15) is 0 Å². The Balaban J connectivity index is 1.36. The van der Waals surface area contributed by atoms with Crippen LogP contribution in [0.3, 0.4) is 0 Å². The van der Waals surface area contributed by atoms with Crippen molar-refractivity contribution in [1.29, 1.82) is 0 Å². The number of halogens is 1. The molecule has 0 bridgehead atoms. The van der Waals surface area contributed by atoms with Crippen molar-refractivity contribution in [3.63, 3.8) is 0 Å². The van der Waals surface area contributed by atoms with Crippen LogP contribution >= 0.6 is 11.6 Å². The molecule has 1 unspecified atom stereocenters. The van der Waals surface area contributed by atoms with Gasteiger partial charge in [-0.1, -0.05) is 29.3 Å². The van der Waals surface area contributed by atoms with Gasteiger partial charge in [-0.05, 0) is 55.7 Å². The molecule has 1 atom stereocenters. The van der Waals surface area contributed by atoms with Crippen molar-refractivity contribution in [2.75, 3.05) is 18.0 Å². The van der Waals surface area contributed by atoms with Crippen molar-refractivity contribution in [3.8, 4) is 0 Å². The van der Waals surface area contributed by atoms with Crippen molar-refractivity contribution < 1.29 is 9.59 Å². The Morgan fingerprint density at radius 2 is 2.07 bits per heavy atom. The molecule has 1 aliphatic heterocycles. The summed E-state index contributed by atoms with van der Waals surface area (Å²) in [5, 5.41) is 4.81. The second-order valence-corrected chi connectivity index (χ2v) is 8.15. The Bertz CT molecular complexity index is 1090. The number of carbonyl (C=O) groups is 2. The van der Waals surface area contributed by atoms with Gasteiger partial charge in [0.15, 0.2) is 0 Å². The molecule has 1 aliphatic rings. The zero-order valence-electron chi connectivity index (χ0n) is 16.6. The van der Waals surface area contributed by atoms with Gasteiger partial charge in [-0.15, -0.1) is 0 Å². The van der Waals surface area contributed by atoms with E-state index in [-0.39, 0.29) is 24.2 Å². The summed E-state index contributed by atoms with van der Waals surface area (Å²) in [6.45, 7) is 4.92. The van der Waals surface area contributed by atoms with Crippen molar-refractivity contribution in [3.05, 3.63) is 64.3 Å². The summed E-state index contributed by atoms with van der Waals surface area (Å²) in [4.78, 5) is 30.0. The highest BCUT2D eigenvalue weighted by atomic mass is 35.5. The third-order valence-electron chi connectivity index (χ3n) is 5.58. The predicted octanol–water partition coefficient (Wildman–Crippen LogP) is 4.15. The molecule has 0 saturated carbocycles. The summed E-state index contributed by atoms with van der Waals surface area (Å²) in [6.07, 6.45) is 2.97. The number of aromatic amines is 1. The first-order valence-corrected chi connectivity index (χ1v) is 10.2. The van der Waals surface area contributed by atoms with Crippen molar-refractivity contribution >= 4 is 40.0 Å². The molecule has 6 heteroatoms. The number of amides is 2. The number of hydrogen-bond acceptors (Lipinski definition) is 2. The van der Waals surface area contributed by atoms with Crippen molar-refractivity contribution in [2.24, 2.45) is 5.92 Å². The van der Waals surface area contributed by atoms with Crippen LogP contribution in [-0.4, -0.2) is 29.9 Å². The molecule has 2 amide bonds. The number of fused-ring (bicyclic) bond motifs is 1. The number of carbonyl (C=O) groups excluding carboxylic acids is 2. The van der Waals surface area contributed by atoms with Crippen LogP contribution in [0.15, 0.2) is 42.6 Å². The molecule has 4 rings (SSSR count). The molecular weight excluding hydrogens is 386 g/mol. The van der Waals surface area contributed by atoms with Gasteiger partial charge in [-0.3, -0.25) is 9.59 Å². The average molecular weight is 410 g/mol. The number of rotatable bonds is 5.